The van der Waals surface area contributed by atoms with Crippen molar-refractivity contribution in [2.75, 3.05) is 6.61 Å². The lowest BCUT2D eigenvalue weighted by Gasteiger charge is -2.25. The number of amides is 1. The molecule has 1 fully saturated rings. The van der Waals surface area contributed by atoms with Crippen molar-refractivity contribution in [3.05, 3.63) is 29.8 Å². The Hall–Kier alpha value is -1.26. The average molecular weight is 355 g/mol. The van der Waals surface area contributed by atoms with Crippen molar-refractivity contribution < 1.29 is 9.53 Å². The number of rotatable bonds is 7. The molecule has 0 aromatic heterocycles. The molecule has 0 aliphatic heterocycles. The number of hydrogen-bond donors (Lipinski definition) is 2. The Balaban J connectivity index is 0.00000288. The number of nitrogens with one attached hydrogen (secondary N) is 1. The minimum absolute atomic E-state index is 0. The minimum Gasteiger partial charge on any atom is -0.494 e. The molecule has 0 bridgehead atoms. The molecule has 1 atom stereocenters. The zero-order valence-electron chi connectivity index (χ0n) is 15.0. The van der Waals surface area contributed by atoms with E-state index in [1.165, 1.54) is 0 Å². The molecule has 1 saturated carbocycles. The van der Waals surface area contributed by atoms with E-state index in [1.54, 1.807) is 0 Å². The highest BCUT2D eigenvalue weighted by Crippen LogP contribution is 2.28. The Morgan fingerprint density at radius 2 is 1.79 bits per heavy atom. The third-order valence-electron chi connectivity index (χ3n) is 4.64. The van der Waals surface area contributed by atoms with Crippen molar-refractivity contribution in [2.24, 2.45) is 11.7 Å². The summed E-state index contributed by atoms with van der Waals surface area (Å²) in [5, 5.41) is 3.05. The van der Waals surface area contributed by atoms with Gasteiger partial charge in [0.15, 0.2) is 0 Å². The topological polar surface area (TPSA) is 64.3 Å². The minimum atomic E-state index is -0.672. The third kappa shape index (κ3) is 5.67. The first-order chi connectivity index (χ1) is 10.9. The van der Waals surface area contributed by atoms with E-state index in [9.17, 15) is 4.79 Å². The van der Waals surface area contributed by atoms with Gasteiger partial charge in [0.2, 0.25) is 5.91 Å². The monoisotopic (exact) mass is 354 g/mol. The Morgan fingerprint density at radius 3 is 2.33 bits per heavy atom. The van der Waals surface area contributed by atoms with Gasteiger partial charge in [-0.05, 0) is 49.8 Å². The molecule has 0 radical (unpaired) electrons. The summed E-state index contributed by atoms with van der Waals surface area (Å²) in [6, 6.07) is 7.90. The molecule has 1 amide bonds. The lowest BCUT2D eigenvalue weighted by atomic mass is 9.97. The van der Waals surface area contributed by atoms with Crippen LogP contribution in [0.25, 0.3) is 0 Å². The van der Waals surface area contributed by atoms with Gasteiger partial charge in [0.05, 0.1) is 18.2 Å². The molecule has 0 spiro atoms. The molecule has 4 nitrogen and oxygen atoms in total. The highest BCUT2D eigenvalue weighted by atomic mass is 35.5. The summed E-state index contributed by atoms with van der Waals surface area (Å²) in [4.78, 5) is 12.4. The second kappa shape index (κ2) is 9.28. The Kier molecular flexibility index (Phi) is 8.04. The maximum absolute atomic E-state index is 12.4. The van der Waals surface area contributed by atoms with Gasteiger partial charge in [-0.15, -0.1) is 12.4 Å². The molecule has 0 saturated heterocycles. The van der Waals surface area contributed by atoms with Gasteiger partial charge in [-0.3, -0.25) is 4.79 Å². The number of carbonyl (C=O) groups excluding carboxylic acids is 1. The number of benzene rings is 1. The van der Waals surface area contributed by atoms with E-state index in [2.05, 4.69) is 19.2 Å². The van der Waals surface area contributed by atoms with Gasteiger partial charge >= 0.3 is 0 Å². The van der Waals surface area contributed by atoms with Crippen LogP contribution in [0.3, 0.4) is 0 Å². The molecule has 3 N–H and O–H groups in total. The van der Waals surface area contributed by atoms with Gasteiger partial charge in [0.1, 0.15) is 5.75 Å². The van der Waals surface area contributed by atoms with Crippen LogP contribution in [0.2, 0.25) is 0 Å². The van der Waals surface area contributed by atoms with Crippen molar-refractivity contribution in [3.63, 3.8) is 0 Å². The van der Waals surface area contributed by atoms with E-state index in [1.807, 2.05) is 31.2 Å². The van der Waals surface area contributed by atoms with E-state index in [0.29, 0.717) is 5.92 Å². The fourth-order valence-corrected chi connectivity index (χ4v) is 2.92. The molecule has 5 heteroatoms. The average Bonchev–Trinajstić information content (AvgIpc) is 2.95. The molecule has 136 valence electrons. The van der Waals surface area contributed by atoms with E-state index < -0.39 is 5.54 Å². The molecular weight excluding hydrogens is 324 g/mol. The first-order valence-electron chi connectivity index (χ1n) is 8.73. The number of hydrogen-bond acceptors (Lipinski definition) is 3. The molecule has 1 aliphatic rings. The molecule has 24 heavy (non-hydrogen) atoms. The van der Waals surface area contributed by atoms with Crippen molar-refractivity contribution in [1.29, 1.82) is 0 Å². The van der Waals surface area contributed by atoms with Crippen molar-refractivity contribution in [1.82, 2.24) is 5.32 Å². The predicted molar refractivity (Wildman–Crippen MR) is 101 cm³/mol. The summed E-state index contributed by atoms with van der Waals surface area (Å²) < 4.78 is 5.72. The van der Waals surface area contributed by atoms with Crippen molar-refractivity contribution in [2.45, 2.75) is 64.5 Å². The van der Waals surface area contributed by atoms with E-state index in [0.717, 1.165) is 50.0 Å². The molecule has 1 aromatic carbocycles. The molecule has 1 aliphatic carbocycles. The number of carbonyl (C=O) groups is 1. The smallest absolute Gasteiger partial charge is 0.240 e. The van der Waals surface area contributed by atoms with Crippen LogP contribution < -0.4 is 15.8 Å². The number of halogens is 1. The van der Waals surface area contributed by atoms with Crippen LogP contribution in [0.1, 0.15) is 64.5 Å². The number of ether oxygens (including phenoxy) is 1. The third-order valence-corrected chi connectivity index (χ3v) is 4.64. The summed E-state index contributed by atoms with van der Waals surface area (Å²) in [6.07, 6.45) is 4.70. The van der Waals surface area contributed by atoms with Gasteiger partial charge in [-0.2, -0.15) is 0 Å². The van der Waals surface area contributed by atoms with Gasteiger partial charge in [-0.25, -0.2) is 0 Å². The quantitative estimate of drug-likeness (QED) is 0.778. The van der Waals surface area contributed by atoms with Crippen LogP contribution in [0.4, 0.5) is 0 Å². The van der Waals surface area contributed by atoms with Crippen LogP contribution in [0, 0.1) is 5.92 Å². The van der Waals surface area contributed by atoms with Gasteiger partial charge in [0, 0.05) is 0 Å². The molecule has 1 aromatic rings. The second-order valence-corrected chi connectivity index (χ2v) is 7.16. The zero-order chi connectivity index (χ0) is 16.9. The van der Waals surface area contributed by atoms with Crippen molar-refractivity contribution in [3.8, 4) is 5.75 Å². The summed E-state index contributed by atoms with van der Waals surface area (Å²) in [5.41, 5.74) is 6.59. The first kappa shape index (κ1) is 20.8. The van der Waals surface area contributed by atoms with Gasteiger partial charge in [0.25, 0.3) is 0 Å². The SMILES string of the molecule is CC(C)CCOc1ccc(C(C)NC(=O)C2(N)CCCC2)cc1.Cl. The molecule has 0 heterocycles. The Labute approximate surface area is 151 Å². The maximum atomic E-state index is 12.4. The van der Waals surface area contributed by atoms with Crippen LogP contribution in [0.15, 0.2) is 24.3 Å². The lowest BCUT2D eigenvalue weighted by molar-refractivity contribution is -0.126. The van der Waals surface area contributed by atoms with Gasteiger partial charge < -0.3 is 15.8 Å². The maximum Gasteiger partial charge on any atom is 0.240 e. The summed E-state index contributed by atoms with van der Waals surface area (Å²) in [5.74, 6) is 1.49. The summed E-state index contributed by atoms with van der Waals surface area (Å²) >= 11 is 0. The van der Waals surface area contributed by atoms with Crippen LogP contribution >= 0.6 is 12.4 Å². The Morgan fingerprint density at radius 1 is 1.21 bits per heavy atom. The molecule has 1 unspecified atom stereocenters. The second-order valence-electron chi connectivity index (χ2n) is 7.16. The first-order valence-corrected chi connectivity index (χ1v) is 8.73. The summed E-state index contributed by atoms with van der Waals surface area (Å²) in [6.45, 7) is 7.10. The fraction of sp³-hybridized carbons (Fsp3) is 0.632. The largest absolute Gasteiger partial charge is 0.494 e. The van der Waals surface area contributed by atoms with E-state index >= 15 is 0 Å². The highest BCUT2D eigenvalue weighted by Gasteiger charge is 2.37. The Bertz CT molecular complexity index is 511. The van der Waals surface area contributed by atoms with Crippen LogP contribution in [-0.4, -0.2) is 18.1 Å². The predicted octanol–water partition coefficient (Wildman–Crippen LogP) is 3.98. The highest BCUT2D eigenvalue weighted by molar-refractivity contribution is 5.86. The fourth-order valence-electron chi connectivity index (χ4n) is 2.92. The van der Waals surface area contributed by atoms with Crippen LogP contribution in [0.5, 0.6) is 5.75 Å². The van der Waals surface area contributed by atoms with Crippen LogP contribution in [-0.2, 0) is 4.79 Å². The standard InChI is InChI=1S/C19H30N2O2.ClH/c1-14(2)10-13-23-17-8-6-16(7-9-17)15(3)21-18(22)19(20)11-4-5-12-19;/h6-9,14-15H,4-5,10-13,20H2,1-3H3,(H,21,22);1H. The van der Waals surface area contributed by atoms with Gasteiger partial charge in [-0.1, -0.05) is 38.8 Å². The molecule has 2 rings (SSSR count). The normalized spacial score (nSPS) is 17.2. The van der Waals surface area contributed by atoms with E-state index in [-0.39, 0.29) is 24.4 Å². The van der Waals surface area contributed by atoms with Crippen molar-refractivity contribution >= 4 is 18.3 Å². The molecular formula is C19H31ClN2O2. The zero-order valence-corrected chi connectivity index (χ0v) is 15.8. The van der Waals surface area contributed by atoms with E-state index in [4.69, 9.17) is 10.5 Å². The summed E-state index contributed by atoms with van der Waals surface area (Å²) in [7, 11) is 0. The number of nitrogens with two attached hydrogens (primary N) is 1. The lowest BCUT2D eigenvalue weighted by Crippen LogP contribution is -2.52.